The Balaban J connectivity index is 2.95. The van der Waals surface area contributed by atoms with E-state index in [1.54, 1.807) is 6.08 Å². The van der Waals surface area contributed by atoms with Gasteiger partial charge < -0.3 is 11.5 Å². The van der Waals surface area contributed by atoms with Gasteiger partial charge in [-0.1, -0.05) is 26.0 Å². The summed E-state index contributed by atoms with van der Waals surface area (Å²) in [5, 5.41) is 0. The van der Waals surface area contributed by atoms with E-state index in [1.165, 1.54) is 0 Å². The third-order valence-electron chi connectivity index (χ3n) is 2.36. The summed E-state index contributed by atoms with van der Waals surface area (Å²) < 4.78 is 0. The molecular weight excluding hydrogens is 172 g/mol. The highest BCUT2D eigenvalue weighted by atomic mass is 35.5. The fraction of sp³-hybridized carbons (Fsp3) is 0.556. The summed E-state index contributed by atoms with van der Waals surface area (Å²) in [7, 11) is 0. The van der Waals surface area contributed by atoms with E-state index in [2.05, 4.69) is 0 Å². The molecule has 0 radical (unpaired) electrons. The van der Waals surface area contributed by atoms with Gasteiger partial charge in [-0.25, -0.2) is 0 Å². The van der Waals surface area contributed by atoms with Crippen LogP contribution in [-0.2, 0) is 0 Å². The second kappa shape index (κ2) is 3.11. The van der Waals surface area contributed by atoms with Crippen LogP contribution in [-0.4, -0.2) is 10.9 Å². The average Bonchev–Trinajstić information content (AvgIpc) is 2.00. The quantitative estimate of drug-likeness (QED) is 0.608. The topological polar surface area (TPSA) is 52.0 Å². The van der Waals surface area contributed by atoms with Crippen LogP contribution in [0.1, 0.15) is 13.8 Å². The predicted molar refractivity (Wildman–Crippen MR) is 52.8 cm³/mol. The maximum Gasteiger partial charge on any atom is 0.0858 e. The van der Waals surface area contributed by atoms with E-state index in [0.29, 0.717) is 5.70 Å². The van der Waals surface area contributed by atoms with Crippen LogP contribution in [0.3, 0.4) is 0 Å². The van der Waals surface area contributed by atoms with Crippen molar-refractivity contribution in [3.63, 3.8) is 0 Å². The van der Waals surface area contributed by atoms with Gasteiger partial charge >= 0.3 is 0 Å². The van der Waals surface area contributed by atoms with Crippen molar-refractivity contribution in [2.24, 2.45) is 17.4 Å². The van der Waals surface area contributed by atoms with E-state index < -0.39 is 4.87 Å². The molecule has 2 unspecified atom stereocenters. The molecule has 2 nitrogen and oxygen atoms in total. The Morgan fingerprint density at radius 1 is 1.58 bits per heavy atom. The number of alkyl halides is 1. The third kappa shape index (κ3) is 1.37. The van der Waals surface area contributed by atoms with Crippen molar-refractivity contribution in [3.8, 4) is 0 Å². The lowest BCUT2D eigenvalue weighted by Crippen LogP contribution is -2.50. The maximum atomic E-state index is 6.32. The van der Waals surface area contributed by atoms with Gasteiger partial charge in [0.15, 0.2) is 0 Å². The summed E-state index contributed by atoms with van der Waals surface area (Å²) in [5.74, 6) is 0.276. The molecule has 0 amide bonds. The highest BCUT2D eigenvalue weighted by Crippen LogP contribution is 2.34. The molecule has 68 valence electrons. The van der Waals surface area contributed by atoms with Crippen LogP contribution in [0.2, 0.25) is 0 Å². The van der Waals surface area contributed by atoms with Gasteiger partial charge in [0.25, 0.3) is 0 Å². The maximum absolute atomic E-state index is 6.32. The monoisotopic (exact) mass is 186 g/mol. The van der Waals surface area contributed by atoms with Gasteiger partial charge in [-0.15, -0.1) is 11.6 Å². The molecule has 0 aliphatic heterocycles. The fourth-order valence-corrected chi connectivity index (χ4v) is 1.52. The summed E-state index contributed by atoms with van der Waals surface area (Å²) in [6.07, 6.45) is 5.58. The predicted octanol–water partition coefficient (Wildman–Crippen LogP) is 1.36. The van der Waals surface area contributed by atoms with Crippen molar-refractivity contribution < 1.29 is 0 Å². The molecule has 1 rings (SSSR count). The van der Waals surface area contributed by atoms with Crippen molar-refractivity contribution in [3.05, 3.63) is 23.9 Å². The van der Waals surface area contributed by atoms with Gasteiger partial charge in [0.1, 0.15) is 0 Å². The first-order valence-corrected chi connectivity index (χ1v) is 4.45. The van der Waals surface area contributed by atoms with Crippen LogP contribution in [0, 0.1) is 5.92 Å². The van der Waals surface area contributed by atoms with Gasteiger partial charge in [0, 0.05) is 5.70 Å². The number of rotatable bonds is 1. The lowest BCUT2D eigenvalue weighted by atomic mass is 9.83. The lowest BCUT2D eigenvalue weighted by Gasteiger charge is -2.36. The van der Waals surface area contributed by atoms with E-state index in [0.717, 1.165) is 0 Å². The molecule has 0 aromatic rings. The fourth-order valence-electron chi connectivity index (χ4n) is 1.32. The summed E-state index contributed by atoms with van der Waals surface area (Å²) >= 11 is 6.32. The molecule has 0 bridgehead atoms. The van der Waals surface area contributed by atoms with Crippen LogP contribution in [0.15, 0.2) is 23.9 Å². The smallest absolute Gasteiger partial charge is 0.0858 e. The first-order valence-electron chi connectivity index (χ1n) is 4.08. The van der Waals surface area contributed by atoms with Crippen molar-refractivity contribution in [2.75, 3.05) is 0 Å². The number of hydrogen-bond donors (Lipinski definition) is 2. The van der Waals surface area contributed by atoms with Gasteiger partial charge in [-0.3, -0.25) is 0 Å². The summed E-state index contributed by atoms with van der Waals surface area (Å²) in [4.78, 5) is -0.515. The van der Waals surface area contributed by atoms with Crippen LogP contribution >= 0.6 is 11.6 Å². The average molecular weight is 187 g/mol. The van der Waals surface area contributed by atoms with Crippen LogP contribution in [0.5, 0.6) is 0 Å². The minimum Gasteiger partial charge on any atom is -0.401 e. The van der Waals surface area contributed by atoms with Crippen LogP contribution < -0.4 is 11.5 Å². The zero-order valence-electron chi connectivity index (χ0n) is 7.42. The van der Waals surface area contributed by atoms with Gasteiger partial charge in [0.2, 0.25) is 0 Å². The molecule has 3 heteroatoms. The molecule has 0 saturated carbocycles. The minimum atomic E-state index is -0.515. The molecule has 0 spiro atoms. The Morgan fingerprint density at radius 3 is 2.58 bits per heavy atom. The molecule has 0 aromatic heterocycles. The SMILES string of the molecule is CC(C)C1(Cl)C=CC=C(N)C1N. The normalized spacial score (nSPS) is 35.4. The molecule has 1 aliphatic rings. The standard InChI is InChI=1S/C9H15ClN2/c1-6(2)9(10)5-3-4-7(11)8(9)12/h3-6,8H,11-12H2,1-2H3. The Morgan fingerprint density at radius 2 is 2.17 bits per heavy atom. The highest BCUT2D eigenvalue weighted by molar-refractivity contribution is 6.26. The molecule has 0 saturated heterocycles. The largest absolute Gasteiger partial charge is 0.401 e. The van der Waals surface area contributed by atoms with Gasteiger partial charge in [-0.2, -0.15) is 0 Å². The zero-order chi connectivity index (χ0) is 9.35. The minimum absolute atomic E-state index is 0.274. The number of hydrogen-bond acceptors (Lipinski definition) is 2. The first kappa shape index (κ1) is 9.62. The van der Waals surface area contributed by atoms with Crippen molar-refractivity contribution in [1.82, 2.24) is 0 Å². The van der Waals surface area contributed by atoms with Gasteiger partial charge in [0.05, 0.1) is 10.9 Å². The molecule has 2 atom stereocenters. The van der Waals surface area contributed by atoms with E-state index in [1.807, 2.05) is 26.0 Å². The van der Waals surface area contributed by atoms with Crippen molar-refractivity contribution >= 4 is 11.6 Å². The van der Waals surface area contributed by atoms with Crippen molar-refractivity contribution in [2.45, 2.75) is 24.8 Å². The number of allylic oxidation sites excluding steroid dienone is 2. The van der Waals surface area contributed by atoms with Crippen LogP contribution in [0.4, 0.5) is 0 Å². The van der Waals surface area contributed by atoms with E-state index in [-0.39, 0.29) is 12.0 Å². The van der Waals surface area contributed by atoms with Gasteiger partial charge in [-0.05, 0) is 12.0 Å². The summed E-state index contributed by atoms with van der Waals surface area (Å²) in [6, 6.07) is -0.274. The molecule has 0 fully saturated rings. The molecule has 4 N–H and O–H groups in total. The Kier molecular flexibility index (Phi) is 2.49. The molecule has 1 aliphatic carbocycles. The van der Waals surface area contributed by atoms with E-state index in [9.17, 15) is 0 Å². The lowest BCUT2D eigenvalue weighted by molar-refractivity contribution is 0.444. The first-order chi connectivity index (χ1) is 5.48. The van der Waals surface area contributed by atoms with E-state index >= 15 is 0 Å². The van der Waals surface area contributed by atoms with Crippen LogP contribution in [0.25, 0.3) is 0 Å². The zero-order valence-corrected chi connectivity index (χ0v) is 8.18. The molecule has 0 heterocycles. The third-order valence-corrected chi connectivity index (χ3v) is 3.16. The second-order valence-corrected chi connectivity index (χ2v) is 4.14. The highest BCUT2D eigenvalue weighted by Gasteiger charge is 2.37. The van der Waals surface area contributed by atoms with Crippen molar-refractivity contribution in [1.29, 1.82) is 0 Å². The second-order valence-electron chi connectivity index (χ2n) is 3.49. The summed E-state index contributed by atoms with van der Waals surface area (Å²) in [5.41, 5.74) is 12.2. The Labute approximate surface area is 78.3 Å². The molecule has 0 aromatic carbocycles. The number of halogens is 1. The number of nitrogens with two attached hydrogens (primary N) is 2. The molecule has 12 heavy (non-hydrogen) atoms. The van der Waals surface area contributed by atoms with E-state index in [4.69, 9.17) is 23.1 Å². The molecular formula is C9H15ClN2. The summed E-state index contributed by atoms with van der Waals surface area (Å²) in [6.45, 7) is 4.08. The Hall–Kier alpha value is -0.470. The Bertz CT molecular complexity index is 233.